The van der Waals surface area contributed by atoms with Gasteiger partial charge in [-0.25, -0.2) is 4.98 Å². The molecule has 0 radical (unpaired) electrons. The van der Waals surface area contributed by atoms with Crippen LogP contribution >= 0.6 is 23.4 Å². The number of aromatic amines is 1. The number of alkyl halides is 1. The number of thioether (sulfide) groups is 1. The Bertz CT molecular complexity index is 303. The van der Waals surface area contributed by atoms with E-state index in [1.807, 2.05) is 11.8 Å². The highest BCUT2D eigenvalue weighted by Crippen LogP contribution is 2.25. The molecule has 0 bridgehead atoms. The number of rotatable bonds is 2. The molecule has 0 saturated carbocycles. The first-order valence-electron chi connectivity index (χ1n) is 4.56. The normalized spacial score (nSPS) is 24.0. The predicted octanol–water partition coefficient (Wildman–Crippen LogP) is 1.26. The molecule has 1 saturated heterocycles. The van der Waals surface area contributed by atoms with Gasteiger partial charge in [-0.3, -0.25) is 10.00 Å². The van der Waals surface area contributed by atoms with E-state index in [1.165, 1.54) is 5.75 Å². The van der Waals surface area contributed by atoms with Gasteiger partial charge in [0.2, 0.25) is 0 Å². The molecule has 1 fully saturated rings. The van der Waals surface area contributed by atoms with Crippen molar-refractivity contribution in [3.8, 4) is 0 Å². The standard InChI is InChI=1S/C8H13ClN4S/c1-13-2-3-14-5-6(13)8-10-7(4-9)11-12-8/h6H,2-5H2,1H3,(H,10,11,12). The Morgan fingerprint density at radius 2 is 2.57 bits per heavy atom. The molecular formula is C8H13ClN4S. The van der Waals surface area contributed by atoms with E-state index in [2.05, 4.69) is 27.1 Å². The molecule has 0 spiro atoms. The summed E-state index contributed by atoms with van der Waals surface area (Å²) in [5.74, 6) is 4.29. The molecule has 2 rings (SSSR count). The fourth-order valence-corrected chi connectivity index (χ4v) is 2.81. The van der Waals surface area contributed by atoms with Gasteiger partial charge >= 0.3 is 0 Å². The van der Waals surface area contributed by atoms with Crippen molar-refractivity contribution in [1.82, 2.24) is 20.1 Å². The minimum absolute atomic E-state index is 0.335. The molecule has 78 valence electrons. The Labute approximate surface area is 92.4 Å². The molecule has 0 aliphatic carbocycles. The van der Waals surface area contributed by atoms with E-state index >= 15 is 0 Å². The SMILES string of the molecule is CN1CCSCC1c1n[nH]c(CCl)n1. The summed E-state index contributed by atoms with van der Waals surface area (Å²) >= 11 is 7.61. The van der Waals surface area contributed by atoms with Crippen molar-refractivity contribution in [3.63, 3.8) is 0 Å². The van der Waals surface area contributed by atoms with Gasteiger partial charge in [0.05, 0.1) is 11.9 Å². The van der Waals surface area contributed by atoms with E-state index in [4.69, 9.17) is 11.6 Å². The molecule has 1 aromatic heterocycles. The summed E-state index contributed by atoms with van der Waals surface area (Å²) in [5, 5.41) is 7.03. The van der Waals surface area contributed by atoms with Crippen LogP contribution in [0.25, 0.3) is 0 Å². The van der Waals surface area contributed by atoms with Crippen molar-refractivity contribution in [1.29, 1.82) is 0 Å². The third-order valence-electron chi connectivity index (χ3n) is 2.37. The van der Waals surface area contributed by atoms with Crippen LogP contribution in [0.3, 0.4) is 0 Å². The van der Waals surface area contributed by atoms with E-state index < -0.39 is 0 Å². The zero-order valence-electron chi connectivity index (χ0n) is 8.03. The molecule has 0 amide bonds. The average molecular weight is 233 g/mol. The van der Waals surface area contributed by atoms with Gasteiger partial charge in [-0.1, -0.05) is 0 Å². The maximum atomic E-state index is 5.66. The van der Waals surface area contributed by atoms with Crippen molar-refractivity contribution in [2.24, 2.45) is 0 Å². The maximum absolute atomic E-state index is 5.66. The third kappa shape index (κ3) is 2.04. The first kappa shape index (κ1) is 10.3. The highest BCUT2D eigenvalue weighted by Gasteiger charge is 2.24. The van der Waals surface area contributed by atoms with Gasteiger partial charge in [-0.05, 0) is 7.05 Å². The molecule has 1 atom stereocenters. The van der Waals surface area contributed by atoms with Crippen molar-refractivity contribution in [2.75, 3.05) is 25.1 Å². The van der Waals surface area contributed by atoms with Crippen LogP contribution in [0.5, 0.6) is 0 Å². The lowest BCUT2D eigenvalue weighted by Crippen LogP contribution is -2.33. The Kier molecular flexibility index (Phi) is 3.30. The summed E-state index contributed by atoms with van der Waals surface area (Å²) < 4.78 is 0. The summed E-state index contributed by atoms with van der Waals surface area (Å²) in [6.45, 7) is 1.10. The topological polar surface area (TPSA) is 44.8 Å². The molecule has 1 N–H and O–H groups in total. The highest BCUT2D eigenvalue weighted by molar-refractivity contribution is 7.99. The molecule has 14 heavy (non-hydrogen) atoms. The second-order valence-corrected chi connectivity index (χ2v) is 4.76. The van der Waals surface area contributed by atoms with E-state index in [0.717, 1.165) is 23.9 Å². The number of H-pyrrole nitrogens is 1. The fourth-order valence-electron chi connectivity index (χ4n) is 1.48. The molecule has 0 aromatic carbocycles. The molecule has 1 unspecified atom stereocenters. The zero-order valence-corrected chi connectivity index (χ0v) is 9.61. The molecular weight excluding hydrogens is 220 g/mol. The Morgan fingerprint density at radius 1 is 1.71 bits per heavy atom. The lowest BCUT2D eigenvalue weighted by Gasteiger charge is -2.29. The number of hydrogen-bond donors (Lipinski definition) is 1. The van der Waals surface area contributed by atoms with Crippen LogP contribution < -0.4 is 0 Å². The van der Waals surface area contributed by atoms with Crippen LogP contribution in [0.1, 0.15) is 17.7 Å². The van der Waals surface area contributed by atoms with Gasteiger partial charge in [-0.2, -0.15) is 16.9 Å². The second-order valence-electron chi connectivity index (χ2n) is 3.35. The van der Waals surface area contributed by atoms with Gasteiger partial charge in [0.25, 0.3) is 0 Å². The lowest BCUT2D eigenvalue weighted by molar-refractivity contribution is 0.265. The Hall–Kier alpha value is -0.260. The number of halogens is 1. The fraction of sp³-hybridized carbons (Fsp3) is 0.750. The second kappa shape index (κ2) is 4.51. The first-order chi connectivity index (χ1) is 6.81. The Morgan fingerprint density at radius 3 is 3.21 bits per heavy atom. The number of aromatic nitrogens is 3. The zero-order chi connectivity index (χ0) is 9.97. The third-order valence-corrected chi connectivity index (χ3v) is 3.65. The largest absolute Gasteiger partial charge is 0.295 e. The van der Waals surface area contributed by atoms with Gasteiger partial charge in [0, 0.05) is 18.1 Å². The van der Waals surface area contributed by atoms with Gasteiger partial charge in [-0.15, -0.1) is 11.6 Å². The van der Waals surface area contributed by atoms with Gasteiger partial charge < -0.3 is 0 Å². The molecule has 1 aliphatic rings. The van der Waals surface area contributed by atoms with E-state index in [-0.39, 0.29) is 0 Å². The van der Waals surface area contributed by atoms with E-state index in [9.17, 15) is 0 Å². The summed E-state index contributed by atoms with van der Waals surface area (Å²) in [6.07, 6.45) is 0. The molecule has 4 nitrogen and oxygen atoms in total. The smallest absolute Gasteiger partial charge is 0.168 e. The van der Waals surface area contributed by atoms with E-state index in [1.54, 1.807) is 0 Å². The number of nitrogens with one attached hydrogen (secondary N) is 1. The maximum Gasteiger partial charge on any atom is 0.168 e. The summed E-state index contributed by atoms with van der Waals surface area (Å²) in [7, 11) is 2.11. The van der Waals surface area contributed by atoms with Crippen LogP contribution in [-0.4, -0.2) is 45.2 Å². The first-order valence-corrected chi connectivity index (χ1v) is 6.25. The van der Waals surface area contributed by atoms with Crippen LogP contribution in [0.4, 0.5) is 0 Å². The Balaban J connectivity index is 2.12. The van der Waals surface area contributed by atoms with Crippen molar-refractivity contribution in [3.05, 3.63) is 11.6 Å². The minimum atomic E-state index is 0.335. The summed E-state index contributed by atoms with van der Waals surface area (Å²) in [6, 6.07) is 0.335. The van der Waals surface area contributed by atoms with Crippen LogP contribution in [0, 0.1) is 0 Å². The number of nitrogens with zero attached hydrogens (tertiary/aromatic N) is 3. The monoisotopic (exact) mass is 232 g/mol. The summed E-state index contributed by atoms with van der Waals surface area (Å²) in [5.41, 5.74) is 0. The number of hydrogen-bond acceptors (Lipinski definition) is 4. The highest BCUT2D eigenvalue weighted by atomic mass is 35.5. The lowest BCUT2D eigenvalue weighted by atomic mass is 10.3. The molecule has 6 heteroatoms. The predicted molar refractivity (Wildman–Crippen MR) is 58.6 cm³/mol. The van der Waals surface area contributed by atoms with Crippen LogP contribution in [-0.2, 0) is 5.88 Å². The molecule has 1 aliphatic heterocycles. The van der Waals surface area contributed by atoms with Crippen LogP contribution in [0.2, 0.25) is 0 Å². The quantitative estimate of drug-likeness (QED) is 0.780. The van der Waals surface area contributed by atoms with Crippen LogP contribution in [0.15, 0.2) is 0 Å². The van der Waals surface area contributed by atoms with Gasteiger partial charge in [0.15, 0.2) is 5.82 Å². The summed E-state index contributed by atoms with van der Waals surface area (Å²) in [4.78, 5) is 6.64. The molecule has 2 heterocycles. The van der Waals surface area contributed by atoms with Crippen molar-refractivity contribution >= 4 is 23.4 Å². The minimum Gasteiger partial charge on any atom is -0.295 e. The molecule has 1 aromatic rings. The van der Waals surface area contributed by atoms with Crippen molar-refractivity contribution in [2.45, 2.75) is 11.9 Å². The van der Waals surface area contributed by atoms with Gasteiger partial charge in [0.1, 0.15) is 5.82 Å². The average Bonchev–Trinajstić information content (AvgIpc) is 2.67. The van der Waals surface area contributed by atoms with E-state index in [0.29, 0.717) is 11.9 Å². The van der Waals surface area contributed by atoms with Crippen molar-refractivity contribution < 1.29 is 0 Å².